The van der Waals surface area contributed by atoms with E-state index in [1.807, 2.05) is 16.8 Å². The van der Waals surface area contributed by atoms with Gasteiger partial charge in [0.1, 0.15) is 12.2 Å². The maximum atomic E-state index is 6.17. The number of hydrogen-bond donors (Lipinski definition) is 1. The monoisotopic (exact) mass is 362 g/mol. The van der Waals surface area contributed by atoms with Gasteiger partial charge in [-0.3, -0.25) is 0 Å². The van der Waals surface area contributed by atoms with Crippen molar-refractivity contribution in [2.75, 3.05) is 5.32 Å². The van der Waals surface area contributed by atoms with Crippen LogP contribution in [0.5, 0.6) is 0 Å². The summed E-state index contributed by atoms with van der Waals surface area (Å²) in [7, 11) is 0. The lowest BCUT2D eigenvalue weighted by molar-refractivity contribution is 0.509. The molecule has 0 fully saturated rings. The van der Waals surface area contributed by atoms with Crippen molar-refractivity contribution in [2.24, 2.45) is 0 Å². The third kappa shape index (κ3) is 3.22. The number of halogens is 3. The van der Waals surface area contributed by atoms with Gasteiger partial charge in [0.25, 0.3) is 0 Å². The fraction of sp³-hybridized carbons (Fsp3) is 0.333. The first kappa shape index (κ1) is 14.6. The highest BCUT2D eigenvalue weighted by molar-refractivity contribution is 9.10. The smallest absolute Gasteiger partial charge is 0.146 e. The van der Waals surface area contributed by atoms with E-state index < -0.39 is 0 Å². The highest BCUT2D eigenvalue weighted by Crippen LogP contribution is 2.35. The fourth-order valence-electron chi connectivity index (χ4n) is 1.67. The molecule has 7 heteroatoms. The molecule has 0 radical (unpaired) electrons. The average molecular weight is 364 g/mol. The van der Waals surface area contributed by atoms with E-state index in [2.05, 4.69) is 45.2 Å². The summed E-state index contributed by atoms with van der Waals surface area (Å²) in [6, 6.07) is 3.99. The molecule has 0 saturated heterocycles. The fourth-order valence-corrected chi connectivity index (χ4v) is 2.51. The predicted octanol–water partition coefficient (Wildman–Crippen LogP) is 4.54. The molecule has 2 aromatic rings. The minimum absolute atomic E-state index is 0.267. The van der Waals surface area contributed by atoms with Crippen LogP contribution in [0.25, 0.3) is 0 Å². The number of anilines is 1. The minimum atomic E-state index is 0.267. The molecule has 19 heavy (non-hydrogen) atoms. The summed E-state index contributed by atoms with van der Waals surface area (Å²) in [6.07, 6.45) is 1.55. The number of aromatic nitrogens is 3. The van der Waals surface area contributed by atoms with Gasteiger partial charge < -0.3 is 5.32 Å². The van der Waals surface area contributed by atoms with E-state index in [9.17, 15) is 0 Å². The van der Waals surface area contributed by atoms with Crippen LogP contribution in [0.1, 0.15) is 25.7 Å². The lowest BCUT2D eigenvalue weighted by Crippen LogP contribution is -2.12. The van der Waals surface area contributed by atoms with Gasteiger partial charge in [-0.05, 0) is 41.9 Å². The zero-order chi connectivity index (χ0) is 14.0. The number of nitrogens with zero attached hydrogens (tertiary/aromatic N) is 3. The summed E-state index contributed by atoms with van der Waals surface area (Å²) in [4.78, 5) is 4.23. The lowest BCUT2D eigenvalue weighted by atomic mass is 10.3. The van der Waals surface area contributed by atoms with Crippen LogP contribution in [-0.4, -0.2) is 14.8 Å². The largest absolute Gasteiger partial charge is 0.377 e. The van der Waals surface area contributed by atoms with E-state index in [0.717, 1.165) is 16.0 Å². The molecule has 102 valence electrons. The molecular weight excluding hydrogens is 351 g/mol. The molecular formula is C12H13BrCl2N4. The van der Waals surface area contributed by atoms with Gasteiger partial charge in [-0.1, -0.05) is 23.2 Å². The van der Waals surface area contributed by atoms with Gasteiger partial charge in [-0.2, -0.15) is 5.10 Å². The van der Waals surface area contributed by atoms with E-state index in [4.69, 9.17) is 23.2 Å². The zero-order valence-corrected chi connectivity index (χ0v) is 13.6. The molecule has 0 unspecified atom stereocenters. The first-order valence-corrected chi connectivity index (χ1v) is 7.31. The SMILES string of the molecule is CC(C)n1ncnc1CNc1ccc(Br)c(Cl)c1Cl. The lowest BCUT2D eigenvalue weighted by Gasteiger charge is -2.12. The second-order valence-corrected chi connectivity index (χ2v) is 5.90. The zero-order valence-electron chi connectivity index (χ0n) is 10.5. The number of hydrogen-bond acceptors (Lipinski definition) is 3. The molecule has 4 nitrogen and oxygen atoms in total. The molecule has 0 amide bonds. The Kier molecular flexibility index (Phi) is 4.71. The Morgan fingerprint density at radius 1 is 1.32 bits per heavy atom. The van der Waals surface area contributed by atoms with Crippen LogP contribution in [0.3, 0.4) is 0 Å². The Morgan fingerprint density at radius 2 is 2.05 bits per heavy atom. The van der Waals surface area contributed by atoms with Crippen molar-refractivity contribution in [2.45, 2.75) is 26.4 Å². The van der Waals surface area contributed by atoms with Crippen LogP contribution in [-0.2, 0) is 6.54 Å². The summed E-state index contributed by atoms with van der Waals surface area (Å²) in [5, 5.41) is 8.39. The van der Waals surface area contributed by atoms with Crippen LogP contribution in [0, 0.1) is 0 Å². The summed E-state index contributed by atoms with van der Waals surface area (Å²) < 4.78 is 2.64. The molecule has 0 aliphatic rings. The standard InChI is InChI=1S/C12H13BrCl2N4/c1-7(2)19-10(17-6-18-19)5-16-9-4-3-8(13)11(14)12(9)15/h3-4,6-7,16H,5H2,1-2H3. The second kappa shape index (κ2) is 6.11. The third-order valence-corrected chi connectivity index (χ3v) is 4.38. The van der Waals surface area contributed by atoms with Crippen molar-refractivity contribution < 1.29 is 0 Å². The summed E-state index contributed by atoms with van der Waals surface area (Å²) in [5.74, 6) is 0.852. The Morgan fingerprint density at radius 3 is 2.74 bits per heavy atom. The van der Waals surface area contributed by atoms with E-state index in [-0.39, 0.29) is 6.04 Å². The maximum absolute atomic E-state index is 6.17. The van der Waals surface area contributed by atoms with Crippen LogP contribution in [0.15, 0.2) is 22.9 Å². The van der Waals surface area contributed by atoms with Crippen LogP contribution >= 0.6 is 39.1 Å². The first-order valence-electron chi connectivity index (χ1n) is 5.76. The predicted molar refractivity (Wildman–Crippen MR) is 81.9 cm³/mol. The van der Waals surface area contributed by atoms with E-state index >= 15 is 0 Å². The molecule has 0 bridgehead atoms. The third-order valence-electron chi connectivity index (χ3n) is 2.61. The van der Waals surface area contributed by atoms with E-state index in [0.29, 0.717) is 16.6 Å². The molecule has 0 aliphatic carbocycles. The van der Waals surface area contributed by atoms with Gasteiger partial charge in [-0.25, -0.2) is 9.67 Å². The molecule has 0 saturated carbocycles. The van der Waals surface area contributed by atoms with Crippen molar-refractivity contribution in [3.63, 3.8) is 0 Å². The molecule has 1 heterocycles. The molecule has 0 aliphatic heterocycles. The van der Waals surface area contributed by atoms with Crippen molar-refractivity contribution in [1.29, 1.82) is 0 Å². The highest BCUT2D eigenvalue weighted by atomic mass is 79.9. The molecule has 2 rings (SSSR count). The normalized spacial score (nSPS) is 11.1. The van der Waals surface area contributed by atoms with Gasteiger partial charge in [-0.15, -0.1) is 0 Å². The first-order chi connectivity index (χ1) is 9.00. The quantitative estimate of drug-likeness (QED) is 0.811. The van der Waals surface area contributed by atoms with Crippen LogP contribution < -0.4 is 5.32 Å². The van der Waals surface area contributed by atoms with Gasteiger partial charge in [0.2, 0.25) is 0 Å². The number of benzene rings is 1. The van der Waals surface area contributed by atoms with Crippen molar-refractivity contribution in [3.05, 3.63) is 38.8 Å². The van der Waals surface area contributed by atoms with Crippen LogP contribution in [0.2, 0.25) is 10.0 Å². The van der Waals surface area contributed by atoms with Crippen molar-refractivity contribution in [1.82, 2.24) is 14.8 Å². The van der Waals surface area contributed by atoms with Crippen LogP contribution in [0.4, 0.5) is 5.69 Å². The Bertz CT molecular complexity index is 583. The maximum Gasteiger partial charge on any atom is 0.146 e. The van der Waals surface area contributed by atoms with Crippen molar-refractivity contribution in [3.8, 4) is 0 Å². The van der Waals surface area contributed by atoms with Gasteiger partial charge >= 0.3 is 0 Å². The van der Waals surface area contributed by atoms with Gasteiger partial charge in [0.15, 0.2) is 0 Å². The summed E-state index contributed by atoms with van der Waals surface area (Å²) in [5.41, 5.74) is 0.771. The minimum Gasteiger partial charge on any atom is -0.377 e. The summed E-state index contributed by atoms with van der Waals surface area (Å²) >= 11 is 15.6. The highest BCUT2D eigenvalue weighted by Gasteiger charge is 2.11. The van der Waals surface area contributed by atoms with Crippen molar-refractivity contribution >= 4 is 44.8 Å². The topological polar surface area (TPSA) is 42.7 Å². The Hall–Kier alpha value is -0.780. The second-order valence-electron chi connectivity index (χ2n) is 4.29. The van der Waals surface area contributed by atoms with Gasteiger partial charge in [0.05, 0.1) is 22.3 Å². The van der Waals surface area contributed by atoms with E-state index in [1.165, 1.54) is 0 Å². The molecule has 0 spiro atoms. The Labute approximate surface area is 130 Å². The number of rotatable bonds is 4. The molecule has 1 N–H and O–H groups in total. The molecule has 1 aromatic carbocycles. The number of nitrogens with one attached hydrogen (secondary N) is 1. The van der Waals surface area contributed by atoms with E-state index in [1.54, 1.807) is 6.33 Å². The molecule has 0 atom stereocenters. The Balaban J connectivity index is 2.15. The average Bonchev–Trinajstić information content (AvgIpc) is 2.84. The van der Waals surface area contributed by atoms with Gasteiger partial charge in [0, 0.05) is 10.5 Å². The summed E-state index contributed by atoms with van der Waals surface area (Å²) in [6.45, 7) is 4.65. The molecule has 1 aromatic heterocycles.